The average Bonchev–Trinajstić information content (AvgIpc) is 2.91. The van der Waals surface area contributed by atoms with Crippen molar-refractivity contribution in [3.63, 3.8) is 0 Å². The number of hydrogen-bond acceptors (Lipinski definition) is 6. The van der Waals surface area contributed by atoms with Gasteiger partial charge in [-0.3, -0.25) is 4.98 Å². The molecule has 1 N–H and O–H groups in total. The van der Waals surface area contributed by atoms with Crippen molar-refractivity contribution in [2.75, 3.05) is 30.0 Å². The molecule has 6 nitrogen and oxygen atoms in total. The van der Waals surface area contributed by atoms with Crippen LogP contribution in [0.15, 0.2) is 30.5 Å². The van der Waals surface area contributed by atoms with Gasteiger partial charge in [-0.15, -0.1) is 0 Å². The normalized spacial score (nSPS) is 19.3. The maximum Gasteiger partial charge on any atom is 0.341 e. The number of nitrogens with one attached hydrogen (secondary N) is 1. The van der Waals surface area contributed by atoms with E-state index in [0.29, 0.717) is 24.2 Å². The zero-order valence-corrected chi connectivity index (χ0v) is 14.3. The number of nitrogens with zero attached hydrogens (tertiary/aromatic N) is 1. The maximum atomic E-state index is 12.2. The Morgan fingerprint density at radius 1 is 1.38 bits per heavy atom. The second kappa shape index (κ2) is 6.76. The molecule has 0 spiro atoms. The number of aromatic nitrogens is 1. The second-order valence-corrected chi connectivity index (χ2v) is 8.16. The fourth-order valence-corrected chi connectivity index (χ4v) is 4.84. The number of esters is 1. The van der Waals surface area contributed by atoms with Gasteiger partial charge in [0.1, 0.15) is 5.56 Å². The molecule has 0 aliphatic carbocycles. The predicted octanol–water partition coefficient (Wildman–Crippen LogP) is 2.26. The van der Waals surface area contributed by atoms with E-state index in [0.717, 1.165) is 10.9 Å². The van der Waals surface area contributed by atoms with Crippen LogP contribution in [0, 0.1) is 5.92 Å². The second-order valence-electron chi connectivity index (χ2n) is 5.93. The van der Waals surface area contributed by atoms with Crippen molar-refractivity contribution in [3.05, 3.63) is 36.0 Å². The van der Waals surface area contributed by atoms with Gasteiger partial charge in [0.2, 0.25) is 0 Å². The van der Waals surface area contributed by atoms with E-state index in [2.05, 4.69) is 10.3 Å². The van der Waals surface area contributed by atoms with Crippen molar-refractivity contribution < 1.29 is 17.9 Å². The molecule has 0 saturated carbocycles. The predicted molar refractivity (Wildman–Crippen MR) is 93.0 cm³/mol. The van der Waals surface area contributed by atoms with Crippen molar-refractivity contribution in [1.82, 2.24) is 4.98 Å². The lowest BCUT2D eigenvalue weighted by atomic mass is 10.1. The highest BCUT2D eigenvalue weighted by Crippen LogP contribution is 2.28. The van der Waals surface area contributed by atoms with Gasteiger partial charge in [0.15, 0.2) is 9.84 Å². The Labute approximate surface area is 141 Å². The third kappa shape index (κ3) is 3.51. The van der Waals surface area contributed by atoms with E-state index in [1.54, 1.807) is 6.92 Å². The fourth-order valence-electron chi connectivity index (χ4n) is 2.97. The Morgan fingerprint density at radius 3 is 2.88 bits per heavy atom. The van der Waals surface area contributed by atoms with Crippen LogP contribution in [-0.4, -0.2) is 44.0 Å². The van der Waals surface area contributed by atoms with E-state index in [1.807, 2.05) is 24.3 Å². The molecule has 1 saturated heterocycles. The Bertz CT molecular complexity index is 864. The molecule has 0 radical (unpaired) electrons. The Balaban J connectivity index is 1.91. The van der Waals surface area contributed by atoms with E-state index in [-0.39, 0.29) is 24.0 Å². The molecular weight excluding hydrogens is 328 g/mol. The number of para-hydroxylation sites is 1. The molecule has 2 aromatic rings. The van der Waals surface area contributed by atoms with Gasteiger partial charge in [-0.05, 0) is 25.3 Å². The Hall–Kier alpha value is -2.15. The number of benzene rings is 1. The van der Waals surface area contributed by atoms with E-state index in [9.17, 15) is 13.2 Å². The number of ether oxygens (including phenoxy) is 1. The van der Waals surface area contributed by atoms with E-state index in [4.69, 9.17) is 4.74 Å². The van der Waals surface area contributed by atoms with E-state index >= 15 is 0 Å². The summed E-state index contributed by atoms with van der Waals surface area (Å²) in [5.74, 6) is 0.0492. The Kier molecular flexibility index (Phi) is 4.71. The van der Waals surface area contributed by atoms with Crippen molar-refractivity contribution in [2.24, 2.45) is 5.92 Å². The minimum absolute atomic E-state index is 0.0528. The number of rotatable bonds is 5. The molecule has 1 aliphatic rings. The summed E-state index contributed by atoms with van der Waals surface area (Å²) in [6.45, 7) is 2.54. The first-order valence-electron chi connectivity index (χ1n) is 7.99. The lowest BCUT2D eigenvalue weighted by molar-refractivity contribution is 0.0527. The summed E-state index contributed by atoms with van der Waals surface area (Å²) in [6, 6.07) is 7.52. The summed E-state index contributed by atoms with van der Waals surface area (Å²) in [4.78, 5) is 16.5. The molecule has 1 aromatic carbocycles. The maximum absolute atomic E-state index is 12.2. The monoisotopic (exact) mass is 348 g/mol. The zero-order chi connectivity index (χ0) is 17.2. The van der Waals surface area contributed by atoms with Crippen molar-refractivity contribution in [1.29, 1.82) is 0 Å². The molecule has 1 atom stereocenters. The lowest BCUT2D eigenvalue weighted by Gasteiger charge is -2.16. The first-order chi connectivity index (χ1) is 11.5. The largest absolute Gasteiger partial charge is 0.462 e. The molecule has 24 heavy (non-hydrogen) atoms. The molecule has 1 unspecified atom stereocenters. The van der Waals surface area contributed by atoms with Gasteiger partial charge >= 0.3 is 5.97 Å². The number of pyridine rings is 1. The highest BCUT2D eigenvalue weighted by Gasteiger charge is 2.28. The first kappa shape index (κ1) is 16.7. The molecule has 3 rings (SSSR count). The van der Waals surface area contributed by atoms with Crippen LogP contribution >= 0.6 is 0 Å². The molecule has 128 valence electrons. The van der Waals surface area contributed by atoms with Crippen LogP contribution < -0.4 is 5.32 Å². The smallest absolute Gasteiger partial charge is 0.341 e. The molecule has 0 amide bonds. The first-order valence-corrected chi connectivity index (χ1v) is 9.81. The van der Waals surface area contributed by atoms with Gasteiger partial charge < -0.3 is 10.1 Å². The van der Waals surface area contributed by atoms with Crippen LogP contribution in [-0.2, 0) is 14.6 Å². The molecule has 1 aliphatic heterocycles. The average molecular weight is 348 g/mol. The van der Waals surface area contributed by atoms with Gasteiger partial charge in [-0.2, -0.15) is 0 Å². The third-order valence-electron chi connectivity index (χ3n) is 4.17. The standard InChI is InChI=1S/C17H20N2O4S/c1-2-23-17(20)14-10-18-15-6-4-3-5-13(15)16(14)19-9-12-7-8-24(21,22)11-12/h3-6,10,12H,2,7-9,11H2,1H3,(H,18,19). The van der Waals surface area contributed by atoms with E-state index < -0.39 is 15.8 Å². The van der Waals surface area contributed by atoms with Crippen molar-refractivity contribution in [3.8, 4) is 0 Å². The minimum Gasteiger partial charge on any atom is -0.462 e. The van der Waals surface area contributed by atoms with Crippen LogP contribution in [0.25, 0.3) is 10.9 Å². The number of anilines is 1. The summed E-state index contributed by atoms with van der Waals surface area (Å²) < 4.78 is 28.3. The van der Waals surface area contributed by atoms with Gasteiger partial charge in [-0.25, -0.2) is 13.2 Å². The summed E-state index contributed by atoms with van der Waals surface area (Å²) in [6.07, 6.45) is 2.15. The van der Waals surface area contributed by atoms with Gasteiger partial charge in [0.25, 0.3) is 0 Å². The lowest BCUT2D eigenvalue weighted by Crippen LogP contribution is -2.18. The SMILES string of the molecule is CCOC(=O)c1cnc2ccccc2c1NCC1CCS(=O)(=O)C1. The van der Waals surface area contributed by atoms with Gasteiger partial charge in [-0.1, -0.05) is 18.2 Å². The van der Waals surface area contributed by atoms with Crippen LogP contribution in [0.4, 0.5) is 5.69 Å². The molecule has 1 aromatic heterocycles. The summed E-state index contributed by atoms with van der Waals surface area (Å²) in [5.41, 5.74) is 1.80. The quantitative estimate of drug-likeness (QED) is 0.834. The van der Waals surface area contributed by atoms with Crippen LogP contribution in [0.3, 0.4) is 0 Å². The highest BCUT2D eigenvalue weighted by molar-refractivity contribution is 7.91. The topological polar surface area (TPSA) is 85.4 Å². The van der Waals surface area contributed by atoms with Crippen LogP contribution in [0.2, 0.25) is 0 Å². The third-order valence-corrected chi connectivity index (χ3v) is 6.00. The molecular formula is C17H20N2O4S. The van der Waals surface area contributed by atoms with Crippen molar-refractivity contribution in [2.45, 2.75) is 13.3 Å². The number of fused-ring (bicyclic) bond motifs is 1. The molecule has 0 bridgehead atoms. The van der Waals surface area contributed by atoms with Gasteiger partial charge in [0, 0.05) is 18.1 Å². The number of sulfone groups is 1. The number of carbonyl (C=O) groups is 1. The summed E-state index contributed by atoms with van der Waals surface area (Å²) in [7, 11) is -2.92. The van der Waals surface area contributed by atoms with Crippen molar-refractivity contribution >= 4 is 32.4 Å². The Morgan fingerprint density at radius 2 is 2.17 bits per heavy atom. The molecule has 1 fully saturated rings. The number of hydrogen-bond donors (Lipinski definition) is 1. The molecule has 7 heteroatoms. The van der Waals surface area contributed by atoms with Gasteiger partial charge in [0.05, 0.1) is 29.3 Å². The van der Waals surface area contributed by atoms with Crippen LogP contribution in [0.5, 0.6) is 0 Å². The molecule has 2 heterocycles. The number of carbonyl (C=O) groups excluding carboxylic acids is 1. The minimum atomic E-state index is -2.92. The fraction of sp³-hybridized carbons (Fsp3) is 0.412. The zero-order valence-electron chi connectivity index (χ0n) is 13.5. The summed E-state index contributed by atoms with van der Waals surface area (Å²) >= 11 is 0. The highest BCUT2D eigenvalue weighted by atomic mass is 32.2. The van der Waals surface area contributed by atoms with Crippen LogP contribution in [0.1, 0.15) is 23.7 Å². The van der Waals surface area contributed by atoms with E-state index in [1.165, 1.54) is 6.20 Å². The summed E-state index contributed by atoms with van der Waals surface area (Å²) in [5, 5.41) is 4.09.